The highest BCUT2D eigenvalue weighted by atomic mass is 19.1. The third kappa shape index (κ3) is 20.2. The normalized spacial score (nSPS) is 16.7. The summed E-state index contributed by atoms with van der Waals surface area (Å²) >= 11 is 0. The number of aliphatic imine (C=N–C) groups is 2. The lowest BCUT2D eigenvalue weighted by atomic mass is 9.87. The van der Waals surface area contributed by atoms with Crippen LogP contribution in [0.25, 0.3) is 67.6 Å². The molecule has 6 aliphatic rings. The zero-order valence-electron chi connectivity index (χ0n) is 83.5. The third-order valence-electron chi connectivity index (χ3n) is 26.5. The first kappa shape index (κ1) is 99.0. The Hall–Kier alpha value is -15.1. The van der Waals surface area contributed by atoms with Gasteiger partial charge >= 0.3 is 0 Å². The second kappa shape index (κ2) is 38.3. The summed E-state index contributed by atoms with van der Waals surface area (Å²) in [6.07, 6.45) is 14.4. The van der Waals surface area contributed by atoms with E-state index in [1.807, 2.05) is 69.9 Å². The number of benzene rings is 4. The van der Waals surface area contributed by atoms with E-state index in [4.69, 9.17) is 10.1 Å². The highest BCUT2D eigenvalue weighted by molar-refractivity contribution is 6.13. The Balaban J connectivity index is 0.000000136. The van der Waals surface area contributed by atoms with E-state index in [9.17, 15) is 51.5 Å². The summed E-state index contributed by atoms with van der Waals surface area (Å²) in [5.41, 5.74) is 13.4. The number of aromatic amines is 1. The van der Waals surface area contributed by atoms with Crippen molar-refractivity contribution in [3.63, 3.8) is 0 Å². The number of aryl methyl sites for hydroxylation is 3. The number of hydrogen-bond donors (Lipinski definition) is 2. The smallest absolute Gasteiger partial charge is 0.275 e. The maximum atomic E-state index is 13.8. The summed E-state index contributed by atoms with van der Waals surface area (Å²) in [4.78, 5) is 145. The van der Waals surface area contributed by atoms with Crippen LogP contribution in [0.2, 0.25) is 0 Å². The molecule has 13 aromatic rings. The molecule has 0 spiro atoms. The maximum Gasteiger partial charge on any atom is 0.275 e. The molecule has 19 rings (SSSR count). The molecule has 732 valence electrons. The second-order valence-corrected chi connectivity index (χ2v) is 41.5. The summed E-state index contributed by atoms with van der Waals surface area (Å²) in [6.45, 7) is 45.8. The Bertz CT molecular complexity index is 7260. The van der Waals surface area contributed by atoms with Gasteiger partial charge in [-0.1, -0.05) is 99.1 Å². The van der Waals surface area contributed by atoms with Crippen molar-refractivity contribution in [1.29, 1.82) is 0 Å². The van der Waals surface area contributed by atoms with Crippen LogP contribution >= 0.6 is 0 Å². The molecule has 6 aliphatic heterocycles. The fourth-order valence-electron chi connectivity index (χ4n) is 18.4. The quantitative estimate of drug-likeness (QED) is 0.108. The molecule has 9 aromatic heterocycles. The summed E-state index contributed by atoms with van der Waals surface area (Å²) < 4.78 is 47.3. The van der Waals surface area contributed by atoms with Crippen LogP contribution in [0.1, 0.15) is 234 Å². The fraction of sp³-hybridized carbons (Fsp3) is 0.387. The summed E-state index contributed by atoms with van der Waals surface area (Å²) in [6, 6.07) is 35.1. The number of imidazole rings is 4. The first-order valence-corrected chi connectivity index (χ1v) is 47.4. The Morgan fingerprint density at radius 2 is 0.858 bits per heavy atom. The van der Waals surface area contributed by atoms with Crippen molar-refractivity contribution in [3.05, 3.63) is 255 Å². The summed E-state index contributed by atoms with van der Waals surface area (Å²) in [7, 11) is 0. The van der Waals surface area contributed by atoms with E-state index in [0.717, 1.165) is 55.9 Å². The minimum Gasteiger partial charge on any atom is -0.352 e. The number of amides is 8. The van der Waals surface area contributed by atoms with Crippen LogP contribution in [0, 0.1) is 38.2 Å². The predicted octanol–water partition coefficient (Wildman–Crippen LogP) is 15.7. The van der Waals surface area contributed by atoms with Gasteiger partial charge in [0.15, 0.2) is 22.6 Å². The van der Waals surface area contributed by atoms with Crippen molar-refractivity contribution >= 4 is 82.3 Å². The SMILES string of the molecule is CC(C)(C)c1cc(-c2ccc(F)cc2)nn2cc(C(=O)N3CCN(C4=CCC=N4)C(=O)C3(C)C)nc12.CC(C)c1cc(-c2ccc(F)cc2)nn2cc(C(=O)N3CCN(C(=O)C4=CCN=C4)CC3(C)C)nc12.Cc1cc(-c2cc(C(C)(C)C)c3nc(C(=O)N4CCNC(=O)C4(C)C)cn3n2)ccc1F.Cc1ccc(-c2cc(C(C)C)c3nc(C(=O)N4CCN(C(=O)c5cc(C)[nH]n5)CC4(C)C)cn3n2)cc1. The van der Waals surface area contributed by atoms with Gasteiger partial charge in [-0.25, -0.2) is 56.2 Å². The molecular formula is C106H119F3N24O8. The number of nitrogens with one attached hydrogen (secondary N) is 2. The minimum absolute atomic E-state index is 0.0525. The van der Waals surface area contributed by atoms with Crippen LogP contribution < -0.4 is 5.32 Å². The number of aromatic nitrogens is 14. The van der Waals surface area contributed by atoms with Gasteiger partial charge in [-0.2, -0.15) is 25.5 Å². The average molecular weight is 1910 g/mol. The van der Waals surface area contributed by atoms with Gasteiger partial charge in [0.25, 0.3) is 41.4 Å². The molecule has 141 heavy (non-hydrogen) atoms. The van der Waals surface area contributed by atoms with Gasteiger partial charge in [0.2, 0.25) is 5.91 Å². The number of nitrogens with zero attached hydrogens (tertiary/aromatic N) is 22. The highest BCUT2D eigenvalue weighted by Crippen LogP contribution is 2.38. The predicted molar refractivity (Wildman–Crippen MR) is 532 cm³/mol. The summed E-state index contributed by atoms with van der Waals surface area (Å²) in [5, 5.41) is 28.5. The van der Waals surface area contributed by atoms with E-state index in [-0.39, 0.29) is 98.8 Å². The first-order valence-electron chi connectivity index (χ1n) is 47.4. The third-order valence-corrected chi connectivity index (χ3v) is 26.5. The topological polar surface area (TPSA) is 345 Å². The number of H-pyrrole nitrogens is 1. The van der Waals surface area contributed by atoms with Crippen LogP contribution in [0.4, 0.5) is 13.2 Å². The van der Waals surface area contributed by atoms with Gasteiger partial charge in [0.1, 0.15) is 62.8 Å². The van der Waals surface area contributed by atoms with Crippen LogP contribution in [0.15, 0.2) is 180 Å². The minimum atomic E-state index is -1.07. The van der Waals surface area contributed by atoms with Crippen molar-refractivity contribution in [3.8, 4) is 45.0 Å². The standard InChI is InChI=1S/C28H33N7O2.2C27H29FN6O2.C24H28FN5O2/c1-17(2)21-14-22(20-9-7-18(3)8-10-20)32-35-15-24(29-25(21)35)27(37)34-12-11-33(16-28(34,5)6)26(36)23-13-19(4)30-31-23;1-26(2,3)19-15-20(17-8-10-18(28)11-9-17)31-34-16-21(30-23(19)34)24(35)33-14-13-32(22-7-6-12-29-22)25(36)27(33,4)5;1-17(2)21-13-22(18-5-7-20(28)8-6-18)31-34-15-23(30-24(21)34)26(36)33-12-11-32(16-27(33,3)4)25(35)19-9-10-29-14-19;1-14-11-15(7-8-17(14)25)18-12-16(23(2,3)4)20-27-19(13-30(20)28-18)21(31)29-10-9-26-22(32)24(29,5)6/h7-10,13-15,17H,11-12,16H2,1-6H3,(H,30,31);7-12,15-16H,6,13-14H2,1-5H3;5-9,13-15,17H,10-12,16H2,1-4H3;7-8,11-13H,9-10H2,1-6H3,(H,26,32). The Morgan fingerprint density at radius 1 is 0.440 bits per heavy atom. The molecule has 4 aromatic carbocycles. The van der Waals surface area contributed by atoms with E-state index in [2.05, 4.69) is 162 Å². The number of allylic oxidation sites excluding steroid dienone is 1. The van der Waals surface area contributed by atoms with Crippen LogP contribution in [-0.4, -0.2) is 257 Å². The molecule has 2 N–H and O–H groups in total. The van der Waals surface area contributed by atoms with Crippen molar-refractivity contribution in [1.82, 2.24) is 108 Å². The molecule has 32 nitrogen and oxygen atoms in total. The van der Waals surface area contributed by atoms with Gasteiger partial charge in [-0.15, -0.1) is 0 Å². The lowest BCUT2D eigenvalue weighted by molar-refractivity contribution is -0.144. The highest BCUT2D eigenvalue weighted by Gasteiger charge is 2.48. The second-order valence-electron chi connectivity index (χ2n) is 41.5. The van der Waals surface area contributed by atoms with Gasteiger partial charge in [-0.05, 0) is 214 Å². The van der Waals surface area contributed by atoms with Crippen molar-refractivity contribution in [2.24, 2.45) is 9.98 Å². The number of carbonyl (C=O) groups is 8. The van der Waals surface area contributed by atoms with Gasteiger partial charge in [-0.3, -0.25) is 53.3 Å². The van der Waals surface area contributed by atoms with Crippen molar-refractivity contribution < 1.29 is 51.5 Å². The van der Waals surface area contributed by atoms with E-state index in [0.29, 0.717) is 152 Å². The van der Waals surface area contributed by atoms with E-state index in [1.165, 1.54) is 35.9 Å². The molecule has 8 amide bonds. The number of carbonyl (C=O) groups excluding carboxylic acids is 8. The van der Waals surface area contributed by atoms with E-state index in [1.54, 1.807) is 162 Å². The average Bonchev–Trinajstić information content (AvgIpc) is 1.71. The van der Waals surface area contributed by atoms with Gasteiger partial charge < -0.3 is 34.7 Å². The molecule has 4 saturated heterocycles. The summed E-state index contributed by atoms with van der Waals surface area (Å²) in [5.74, 6) is -1.47. The van der Waals surface area contributed by atoms with E-state index < -0.39 is 22.2 Å². The molecular weight excluding hydrogens is 1790 g/mol. The molecule has 0 unspecified atom stereocenters. The molecule has 0 aliphatic carbocycles. The van der Waals surface area contributed by atoms with Crippen LogP contribution in [0.5, 0.6) is 0 Å². The Morgan fingerprint density at radius 3 is 1.28 bits per heavy atom. The number of rotatable bonds is 13. The zero-order valence-corrected chi connectivity index (χ0v) is 83.5. The zero-order chi connectivity index (χ0) is 101. The number of halogens is 3. The molecule has 35 heteroatoms. The molecule has 4 fully saturated rings. The molecule has 0 saturated carbocycles. The Labute approximate surface area is 816 Å². The molecule has 0 atom stereocenters. The van der Waals surface area contributed by atoms with Gasteiger partial charge in [0, 0.05) is 134 Å². The lowest BCUT2D eigenvalue weighted by Gasteiger charge is -2.46. The van der Waals surface area contributed by atoms with Crippen molar-refractivity contribution in [2.45, 2.75) is 197 Å². The van der Waals surface area contributed by atoms with Crippen LogP contribution in [0.3, 0.4) is 0 Å². The molecule has 0 bridgehead atoms. The first-order chi connectivity index (χ1) is 66.5. The van der Waals surface area contributed by atoms with Crippen molar-refractivity contribution in [2.75, 3.05) is 72.0 Å². The molecule has 15 heterocycles. The van der Waals surface area contributed by atoms with Crippen LogP contribution in [-0.2, 0) is 25.2 Å². The maximum absolute atomic E-state index is 13.8. The molecule has 0 radical (unpaired) electrons. The largest absolute Gasteiger partial charge is 0.352 e. The fourth-order valence-corrected chi connectivity index (χ4v) is 18.4. The number of piperazine rings is 4. The number of hydrogen-bond acceptors (Lipinski definition) is 19. The monoisotopic (exact) mass is 1910 g/mol. The number of fused-ring (bicyclic) bond motifs is 4. The lowest BCUT2D eigenvalue weighted by Crippen LogP contribution is -2.64. The Kier molecular flexibility index (Phi) is 26.9. The van der Waals surface area contributed by atoms with E-state index >= 15 is 0 Å². The van der Waals surface area contributed by atoms with Gasteiger partial charge in [0.05, 0.1) is 70.8 Å².